The van der Waals surface area contributed by atoms with Crippen LogP contribution >= 0.6 is 11.8 Å². The van der Waals surface area contributed by atoms with Gasteiger partial charge in [0.2, 0.25) is 5.91 Å². The number of rotatable bonds is 3. The van der Waals surface area contributed by atoms with E-state index in [-0.39, 0.29) is 11.3 Å². The third kappa shape index (κ3) is 2.83. The van der Waals surface area contributed by atoms with Gasteiger partial charge in [0.1, 0.15) is 0 Å². The molecule has 0 saturated carbocycles. The van der Waals surface area contributed by atoms with Crippen molar-refractivity contribution in [2.24, 2.45) is 11.1 Å². The molecule has 2 rings (SSSR count). The number of hydrogen-bond donors (Lipinski definition) is 1. The molecule has 2 heterocycles. The maximum atomic E-state index is 12.7. The van der Waals surface area contributed by atoms with Gasteiger partial charge in [-0.3, -0.25) is 4.79 Å². The molecule has 5 heteroatoms. The summed E-state index contributed by atoms with van der Waals surface area (Å²) < 4.78 is 5.38. The summed E-state index contributed by atoms with van der Waals surface area (Å²) in [5.74, 6) is 1.33. The Hall–Kier alpha value is -0.260. The highest BCUT2D eigenvalue weighted by atomic mass is 32.2. The zero-order valence-corrected chi connectivity index (χ0v) is 12.0. The second kappa shape index (κ2) is 6.26. The van der Waals surface area contributed by atoms with E-state index in [1.165, 1.54) is 0 Å². The van der Waals surface area contributed by atoms with Crippen LogP contribution < -0.4 is 5.73 Å². The van der Waals surface area contributed by atoms with Crippen molar-refractivity contribution in [2.75, 3.05) is 38.6 Å². The van der Waals surface area contributed by atoms with Gasteiger partial charge in [-0.25, -0.2) is 0 Å². The first-order valence-corrected chi connectivity index (χ1v) is 7.95. The lowest BCUT2D eigenvalue weighted by Crippen LogP contribution is -2.53. The summed E-state index contributed by atoms with van der Waals surface area (Å²) in [7, 11) is 0. The molecule has 2 saturated heterocycles. The van der Waals surface area contributed by atoms with Crippen LogP contribution in [0.15, 0.2) is 0 Å². The number of ether oxygens (including phenoxy) is 1. The van der Waals surface area contributed by atoms with Gasteiger partial charge in [0.05, 0.1) is 5.41 Å². The molecule has 0 aromatic heterocycles. The summed E-state index contributed by atoms with van der Waals surface area (Å²) in [6.45, 7) is 5.76. The van der Waals surface area contributed by atoms with Gasteiger partial charge in [-0.05, 0) is 19.3 Å². The number of nitrogens with two attached hydrogens (primary N) is 1. The van der Waals surface area contributed by atoms with Crippen LogP contribution in [0, 0.1) is 5.41 Å². The summed E-state index contributed by atoms with van der Waals surface area (Å²) in [5.41, 5.74) is 5.56. The molecular weight excluding hydrogens is 248 g/mol. The highest BCUT2D eigenvalue weighted by Gasteiger charge is 2.42. The molecule has 104 valence electrons. The van der Waals surface area contributed by atoms with Crippen LogP contribution in [0.4, 0.5) is 0 Å². The Kier molecular flexibility index (Phi) is 4.92. The topological polar surface area (TPSA) is 55.6 Å². The Morgan fingerprint density at radius 3 is 2.83 bits per heavy atom. The summed E-state index contributed by atoms with van der Waals surface area (Å²) in [5, 5.41) is 0.595. The second-order valence-electron chi connectivity index (χ2n) is 5.25. The molecule has 2 N–H and O–H groups in total. The molecule has 2 aliphatic heterocycles. The van der Waals surface area contributed by atoms with E-state index in [4.69, 9.17) is 10.5 Å². The van der Waals surface area contributed by atoms with Crippen molar-refractivity contribution in [3.63, 3.8) is 0 Å². The van der Waals surface area contributed by atoms with Crippen molar-refractivity contribution in [1.82, 2.24) is 4.90 Å². The lowest BCUT2D eigenvalue weighted by atomic mass is 9.78. The minimum absolute atomic E-state index is 0.270. The van der Waals surface area contributed by atoms with Crippen LogP contribution in [0.1, 0.15) is 26.2 Å². The lowest BCUT2D eigenvalue weighted by Gasteiger charge is -2.41. The smallest absolute Gasteiger partial charge is 0.230 e. The van der Waals surface area contributed by atoms with E-state index < -0.39 is 0 Å². The molecular formula is C13H24N2O2S. The molecule has 4 nitrogen and oxygen atoms in total. The number of carbonyl (C=O) groups excluding carboxylic acids is 1. The molecule has 1 amide bonds. The predicted octanol–water partition coefficient (Wildman–Crippen LogP) is 1.10. The summed E-state index contributed by atoms with van der Waals surface area (Å²) in [4.78, 5) is 14.8. The average Bonchev–Trinajstić information content (AvgIpc) is 2.47. The minimum atomic E-state index is -0.349. The quantitative estimate of drug-likeness (QED) is 0.836. The van der Waals surface area contributed by atoms with E-state index in [0.717, 1.165) is 38.1 Å². The summed E-state index contributed by atoms with van der Waals surface area (Å²) >= 11 is 1.99. The van der Waals surface area contributed by atoms with Gasteiger partial charge >= 0.3 is 0 Å². The van der Waals surface area contributed by atoms with Crippen molar-refractivity contribution in [3.8, 4) is 0 Å². The van der Waals surface area contributed by atoms with Crippen molar-refractivity contribution in [2.45, 2.75) is 31.4 Å². The Morgan fingerprint density at radius 1 is 1.50 bits per heavy atom. The van der Waals surface area contributed by atoms with Gasteiger partial charge in [-0.1, -0.05) is 6.92 Å². The van der Waals surface area contributed by atoms with E-state index in [1.54, 1.807) is 0 Å². The van der Waals surface area contributed by atoms with E-state index in [9.17, 15) is 4.79 Å². The zero-order chi connectivity index (χ0) is 13.0. The van der Waals surface area contributed by atoms with Crippen LogP contribution in [0.2, 0.25) is 0 Å². The van der Waals surface area contributed by atoms with Crippen molar-refractivity contribution in [3.05, 3.63) is 0 Å². The summed E-state index contributed by atoms with van der Waals surface area (Å²) in [6, 6.07) is 0. The molecule has 2 aliphatic rings. The Bertz CT molecular complexity index is 293. The Morgan fingerprint density at radius 2 is 2.22 bits per heavy atom. The normalized spacial score (nSPS) is 28.1. The molecule has 1 unspecified atom stereocenters. The molecule has 0 aromatic rings. The third-order valence-corrected chi connectivity index (χ3v) is 5.55. The number of carbonyl (C=O) groups is 1. The Labute approximate surface area is 114 Å². The first-order valence-electron chi connectivity index (χ1n) is 6.90. The van der Waals surface area contributed by atoms with Gasteiger partial charge in [0.25, 0.3) is 0 Å². The monoisotopic (exact) mass is 272 g/mol. The van der Waals surface area contributed by atoms with E-state index >= 15 is 0 Å². The van der Waals surface area contributed by atoms with Crippen molar-refractivity contribution >= 4 is 17.7 Å². The highest BCUT2D eigenvalue weighted by Crippen LogP contribution is 2.33. The van der Waals surface area contributed by atoms with E-state index in [0.29, 0.717) is 25.0 Å². The molecule has 0 aromatic carbocycles. The van der Waals surface area contributed by atoms with Crippen molar-refractivity contribution in [1.29, 1.82) is 0 Å². The molecule has 2 fully saturated rings. The zero-order valence-electron chi connectivity index (χ0n) is 11.2. The predicted molar refractivity (Wildman–Crippen MR) is 74.7 cm³/mol. The number of nitrogens with zero attached hydrogens (tertiary/aromatic N) is 1. The lowest BCUT2D eigenvalue weighted by molar-refractivity contribution is -0.147. The third-order valence-electron chi connectivity index (χ3n) is 4.18. The van der Waals surface area contributed by atoms with Gasteiger partial charge in [0.15, 0.2) is 0 Å². The number of amides is 1. The van der Waals surface area contributed by atoms with Crippen molar-refractivity contribution < 1.29 is 9.53 Å². The second-order valence-corrected chi connectivity index (χ2v) is 6.66. The van der Waals surface area contributed by atoms with Gasteiger partial charge in [-0.15, -0.1) is 0 Å². The molecule has 0 aliphatic carbocycles. The molecule has 18 heavy (non-hydrogen) atoms. The van der Waals surface area contributed by atoms with Gasteiger partial charge < -0.3 is 15.4 Å². The first kappa shape index (κ1) is 14.2. The molecule has 0 radical (unpaired) electrons. The molecule has 0 bridgehead atoms. The van der Waals surface area contributed by atoms with Crippen LogP contribution in [0.25, 0.3) is 0 Å². The minimum Gasteiger partial charge on any atom is -0.381 e. The SMILES string of the molecule is CCC1CN(C(=O)C2(CN)CCOCC2)CCS1. The Balaban J connectivity index is 2.04. The van der Waals surface area contributed by atoms with Crippen LogP contribution in [0.3, 0.4) is 0 Å². The van der Waals surface area contributed by atoms with Gasteiger partial charge in [0, 0.05) is 43.9 Å². The number of hydrogen-bond acceptors (Lipinski definition) is 4. The standard InChI is InChI=1S/C13H24N2O2S/c1-2-11-9-15(5-8-18-11)12(16)13(10-14)3-6-17-7-4-13/h11H,2-10,14H2,1H3. The largest absolute Gasteiger partial charge is 0.381 e. The average molecular weight is 272 g/mol. The van der Waals surface area contributed by atoms with Crippen LogP contribution in [-0.2, 0) is 9.53 Å². The fraction of sp³-hybridized carbons (Fsp3) is 0.923. The fourth-order valence-corrected chi connectivity index (χ4v) is 3.93. The van der Waals surface area contributed by atoms with Crippen LogP contribution in [-0.4, -0.2) is 54.7 Å². The number of thioether (sulfide) groups is 1. The molecule has 1 atom stereocenters. The van der Waals surface area contributed by atoms with Gasteiger partial charge in [-0.2, -0.15) is 11.8 Å². The van der Waals surface area contributed by atoms with Crippen LogP contribution in [0.5, 0.6) is 0 Å². The maximum Gasteiger partial charge on any atom is 0.230 e. The maximum absolute atomic E-state index is 12.7. The molecule has 0 spiro atoms. The highest BCUT2D eigenvalue weighted by molar-refractivity contribution is 8.00. The summed E-state index contributed by atoms with van der Waals surface area (Å²) in [6.07, 6.45) is 2.69. The van der Waals surface area contributed by atoms with E-state index in [2.05, 4.69) is 6.92 Å². The fourth-order valence-electron chi connectivity index (χ4n) is 2.75. The first-order chi connectivity index (χ1) is 8.72. The van der Waals surface area contributed by atoms with E-state index in [1.807, 2.05) is 16.7 Å².